The van der Waals surface area contributed by atoms with Crippen molar-refractivity contribution >= 4 is 29.1 Å². The van der Waals surface area contributed by atoms with Gasteiger partial charge in [-0.3, -0.25) is 4.79 Å². The minimum Gasteiger partial charge on any atom is -0.491 e. The number of rotatable bonds is 9. The summed E-state index contributed by atoms with van der Waals surface area (Å²) in [6.07, 6.45) is 2.98. The molecule has 1 N–H and O–H groups in total. The topological polar surface area (TPSA) is 38.3 Å². The summed E-state index contributed by atoms with van der Waals surface area (Å²) in [4.78, 5) is 12.0. The number of halogens is 2. The van der Waals surface area contributed by atoms with Crippen LogP contribution in [0.1, 0.15) is 37.8 Å². The molecule has 3 nitrogen and oxygen atoms in total. The van der Waals surface area contributed by atoms with Crippen LogP contribution >= 0.6 is 23.2 Å². The van der Waals surface area contributed by atoms with Crippen molar-refractivity contribution in [2.75, 3.05) is 6.54 Å². The van der Waals surface area contributed by atoms with Gasteiger partial charge in [-0.15, -0.1) is 0 Å². The van der Waals surface area contributed by atoms with Crippen molar-refractivity contribution in [1.29, 1.82) is 0 Å². The number of aryl methyl sites for hydroxylation is 2. The smallest absolute Gasteiger partial charge is 0.220 e. The third kappa shape index (κ3) is 7.27. The molecule has 0 aliphatic heterocycles. The van der Waals surface area contributed by atoms with E-state index in [0.717, 1.165) is 24.2 Å². The molecule has 0 heterocycles. The molecule has 0 aromatic heterocycles. The minimum absolute atomic E-state index is 0.0351. The van der Waals surface area contributed by atoms with Gasteiger partial charge < -0.3 is 10.1 Å². The summed E-state index contributed by atoms with van der Waals surface area (Å²) < 4.78 is 5.70. The van der Waals surface area contributed by atoms with Crippen LogP contribution in [0, 0.1) is 0 Å². The van der Waals surface area contributed by atoms with Crippen LogP contribution in [0.25, 0.3) is 0 Å². The maximum absolute atomic E-state index is 12.0. The molecule has 0 unspecified atom stereocenters. The Bertz CT molecular complexity index is 732. The van der Waals surface area contributed by atoms with Gasteiger partial charge in [-0.2, -0.15) is 0 Å². The molecule has 0 radical (unpaired) electrons. The number of ether oxygens (including phenoxy) is 1. The van der Waals surface area contributed by atoms with Crippen LogP contribution in [-0.4, -0.2) is 18.6 Å². The normalized spacial score (nSPS) is 10.8. The summed E-state index contributed by atoms with van der Waals surface area (Å²) in [7, 11) is 0. The van der Waals surface area contributed by atoms with Crippen molar-refractivity contribution < 1.29 is 9.53 Å². The lowest BCUT2D eigenvalue weighted by Crippen LogP contribution is -2.25. The van der Waals surface area contributed by atoms with Crippen LogP contribution in [0.4, 0.5) is 0 Å². The van der Waals surface area contributed by atoms with Gasteiger partial charge in [-0.05, 0) is 68.5 Å². The predicted octanol–water partition coefficient (Wildman–Crippen LogP) is 5.46. The molecule has 2 aromatic carbocycles. The first kappa shape index (κ1) is 20.6. The highest BCUT2D eigenvalue weighted by Gasteiger charge is 2.06. The Balaban J connectivity index is 1.68. The highest BCUT2D eigenvalue weighted by atomic mass is 35.5. The molecule has 26 heavy (non-hydrogen) atoms. The van der Waals surface area contributed by atoms with E-state index in [4.69, 9.17) is 27.9 Å². The standard InChI is InChI=1S/C21H25Cl2NO2/c1-15(2)26-19-7-3-5-16(13-19)6-4-12-24-21(25)11-9-17-8-10-18(22)14-20(17)23/h3,5,7-8,10,13-15H,4,6,9,11-12H2,1-2H3,(H,24,25). The first-order chi connectivity index (χ1) is 12.4. The van der Waals surface area contributed by atoms with E-state index in [1.807, 2.05) is 32.0 Å². The number of nitrogens with one attached hydrogen (secondary N) is 1. The molecule has 0 saturated heterocycles. The SMILES string of the molecule is CC(C)Oc1cccc(CCCNC(=O)CCc2ccc(Cl)cc2Cl)c1. The van der Waals surface area contributed by atoms with Gasteiger partial charge in [0.15, 0.2) is 0 Å². The van der Waals surface area contributed by atoms with Gasteiger partial charge >= 0.3 is 0 Å². The van der Waals surface area contributed by atoms with Gasteiger partial charge in [0.05, 0.1) is 6.10 Å². The Morgan fingerprint density at radius 2 is 1.92 bits per heavy atom. The molecule has 0 spiro atoms. The van der Waals surface area contributed by atoms with Crippen LogP contribution in [0.3, 0.4) is 0 Å². The fourth-order valence-corrected chi connectivity index (χ4v) is 3.13. The Morgan fingerprint density at radius 3 is 2.65 bits per heavy atom. The van der Waals surface area contributed by atoms with E-state index in [1.165, 1.54) is 5.56 Å². The Labute approximate surface area is 165 Å². The lowest BCUT2D eigenvalue weighted by molar-refractivity contribution is -0.121. The number of benzene rings is 2. The molecule has 0 bridgehead atoms. The first-order valence-corrected chi connectivity index (χ1v) is 9.66. The number of carbonyl (C=O) groups excluding carboxylic acids is 1. The zero-order valence-corrected chi connectivity index (χ0v) is 16.7. The predicted molar refractivity (Wildman–Crippen MR) is 108 cm³/mol. The van der Waals surface area contributed by atoms with Crippen molar-refractivity contribution in [3.05, 3.63) is 63.6 Å². The molecule has 0 aliphatic rings. The molecule has 0 fully saturated rings. The average molecular weight is 394 g/mol. The van der Waals surface area contributed by atoms with E-state index < -0.39 is 0 Å². The lowest BCUT2D eigenvalue weighted by atomic mass is 10.1. The lowest BCUT2D eigenvalue weighted by Gasteiger charge is -2.11. The molecule has 1 amide bonds. The van der Waals surface area contributed by atoms with Crippen LogP contribution in [-0.2, 0) is 17.6 Å². The number of carbonyl (C=O) groups is 1. The van der Waals surface area contributed by atoms with Crippen LogP contribution in [0.2, 0.25) is 10.0 Å². The molecule has 140 valence electrons. The third-order valence-corrected chi connectivity index (χ3v) is 4.46. The number of amides is 1. The van der Waals surface area contributed by atoms with Crippen LogP contribution in [0.5, 0.6) is 5.75 Å². The van der Waals surface area contributed by atoms with E-state index in [9.17, 15) is 4.79 Å². The fraction of sp³-hybridized carbons (Fsp3) is 0.381. The molecular formula is C21H25Cl2NO2. The van der Waals surface area contributed by atoms with Gasteiger partial charge in [-0.1, -0.05) is 41.4 Å². The second-order valence-electron chi connectivity index (χ2n) is 6.50. The zero-order chi connectivity index (χ0) is 18.9. The van der Waals surface area contributed by atoms with E-state index >= 15 is 0 Å². The molecular weight excluding hydrogens is 369 g/mol. The van der Waals surface area contributed by atoms with E-state index in [-0.39, 0.29) is 12.0 Å². The van der Waals surface area contributed by atoms with Gasteiger partial charge in [0.1, 0.15) is 5.75 Å². The van der Waals surface area contributed by atoms with Gasteiger partial charge in [0.2, 0.25) is 5.91 Å². The second kappa shape index (κ2) is 10.4. The van der Waals surface area contributed by atoms with Crippen molar-refractivity contribution in [3.63, 3.8) is 0 Å². The summed E-state index contributed by atoms with van der Waals surface area (Å²) >= 11 is 12.0. The molecule has 0 saturated carbocycles. The van der Waals surface area contributed by atoms with Gasteiger partial charge in [0, 0.05) is 23.0 Å². The monoisotopic (exact) mass is 393 g/mol. The average Bonchev–Trinajstić information content (AvgIpc) is 2.58. The van der Waals surface area contributed by atoms with Crippen molar-refractivity contribution in [1.82, 2.24) is 5.32 Å². The molecule has 0 atom stereocenters. The van der Waals surface area contributed by atoms with Crippen molar-refractivity contribution in [2.45, 2.75) is 45.6 Å². The summed E-state index contributed by atoms with van der Waals surface area (Å²) in [5, 5.41) is 4.17. The molecule has 5 heteroatoms. The quantitative estimate of drug-likeness (QED) is 0.574. The van der Waals surface area contributed by atoms with Gasteiger partial charge in [-0.25, -0.2) is 0 Å². The zero-order valence-electron chi connectivity index (χ0n) is 15.2. The highest BCUT2D eigenvalue weighted by Crippen LogP contribution is 2.22. The van der Waals surface area contributed by atoms with Gasteiger partial charge in [0.25, 0.3) is 0 Å². The molecule has 2 rings (SSSR count). The number of hydrogen-bond acceptors (Lipinski definition) is 2. The molecule has 0 aliphatic carbocycles. The van der Waals surface area contributed by atoms with Crippen LogP contribution in [0.15, 0.2) is 42.5 Å². The number of hydrogen-bond donors (Lipinski definition) is 1. The minimum atomic E-state index is 0.0351. The summed E-state index contributed by atoms with van der Waals surface area (Å²) in [5.41, 5.74) is 2.15. The summed E-state index contributed by atoms with van der Waals surface area (Å²) in [6, 6.07) is 13.5. The maximum atomic E-state index is 12.0. The Kier molecular flexibility index (Phi) is 8.27. The Morgan fingerprint density at radius 1 is 1.12 bits per heavy atom. The molecule has 2 aromatic rings. The summed E-state index contributed by atoms with van der Waals surface area (Å²) in [5.74, 6) is 0.925. The highest BCUT2D eigenvalue weighted by molar-refractivity contribution is 6.35. The first-order valence-electron chi connectivity index (χ1n) is 8.90. The van der Waals surface area contributed by atoms with E-state index in [1.54, 1.807) is 12.1 Å². The second-order valence-corrected chi connectivity index (χ2v) is 7.35. The fourth-order valence-electron chi connectivity index (χ4n) is 2.63. The van der Waals surface area contributed by atoms with E-state index in [2.05, 4.69) is 17.4 Å². The summed E-state index contributed by atoms with van der Waals surface area (Å²) in [6.45, 7) is 4.68. The van der Waals surface area contributed by atoms with Crippen LogP contribution < -0.4 is 10.1 Å². The Hall–Kier alpha value is -1.71. The van der Waals surface area contributed by atoms with E-state index in [0.29, 0.717) is 29.4 Å². The third-order valence-electron chi connectivity index (χ3n) is 3.87. The van der Waals surface area contributed by atoms with Crippen molar-refractivity contribution in [3.8, 4) is 5.75 Å². The maximum Gasteiger partial charge on any atom is 0.220 e. The van der Waals surface area contributed by atoms with Crippen molar-refractivity contribution in [2.24, 2.45) is 0 Å². The largest absolute Gasteiger partial charge is 0.491 e.